The van der Waals surface area contributed by atoms with Crippen LogP contribution in [0.1, 0.15) is 26.7 Å². The molecule has 0 spiro atoms. The molecule has 94 valence electrons. The van der Waals surface area contributed by atoms with Gasteiger partial charge in [0, 0.05) is 6.42 Å². The number of rotatable bonds is 3. The van der Waals surface area contributed by atoms with Crippen molar-refractivity contribution in [2.75, 3.05) is 7.11 Å². The number of allylic oxidation sites excluding steroid dienone is 1. The zero-order valence-electron chi connectivity index (χ0n) is 10.3. The highest BCUT2D eigenvalue weighted by molar-refractivity contribution is 6.05. The quantitative estimate of drug-likeness (QED) is 0.542. The van der Waals surface area contributed by atoms with E-state index in [1.165, 1.54) is 13.2 Å². The number of methoxy groups -OCH3 is 1. The molecule has 17 heavy (non-hydrogen) atoms. The fraction of sp³-hybridized carbons (Fsp3) is 0.583. The molecule has 0 aromatic rings. The molecule has 0 N–H and O–H groups in total. The number of amides is 2. The highest BCUT2D eigenvalue weighted by Gasteiger charge is 2.39. The zero-order chi connectivity index (χ0) is 13.0. The summed E-state index contributed by atoms with van der Waals surface area (Å²) in [4.78, 5) is 35.8. The summed E-state index contributed by atoms with van der Waals surface area (Å²) in [5.74, 6) is -1.09. The number of likely N-dealkylation sites (tertiary alicyclic amines) is 1. The lowest BCUT2D eigenvalue weighted by atomic mass is 10.2. The van der Waals surface area contributed by atoms with E-state index in [0.29, 0.717) is 6.42 Å². The van der Waals surface area contributed by atoms with E-state index in [9.17, 15) is 14.4 Å². The molecule has 5 nitrogen and oxygen atoms in total. The van der Waals surface area contributed by atoms with Gasteiger partial charge in [-0.1, -0.05) is 19.9 Å². The number of esters is 1. The molecule has 0 aliphatic carbocycles. The minimum Gasteiger partial charge on any atom is -0.467 e. The molecule has 1 rings (SSSR count). The summed E-state index contributed by atoms with van der Waals surface area (Å²) >= 11 is 0. The molecule has 1 atom stereocenters. The third kappa shape index (κ3) is 3.15. The highest BCUT2D eigenvalue weighted by Crippen LogP contribution is 2.20. The van der Waals surface area contributed by atoms with Crippen molar-refractivity contribution in [1.82, 2.24) is 4.90 Å². The number of imide groups is 1. The van der Waals surface area contributed by atoms with Gasteiger partial charge >= 0.3 is 5.97 Å². The number of hydrogen-bond donors (Lipinski definition) is 0. The van der Waals surface area contributed by atoms with Gasteiger partial charge in [0.15, 0.2) is 0 Å². The number of carbonyl (C=O) groups is 3. The maximum Gasteiger partial charge on any atom is 0.329 e. The van der Waals surface area contributed by atoms with Crippen LogP contribution in [0.4, 0.5) is 0 Å². The summed E-state index contributed by atoms with van der Waals surface area (Å²) in [6.45, 7) is 3.85. The van der Waals surface area contributed by atoms with Crippen LogP contribution in [0.5, 0.6) is 0 Å². The van der Waals surface area contributed by atoms with Crippen LogP contribution in [-0.4, -0.2) is 35.8 Å². The second kappa shape index (κ2) is 5.61. The van der Waals surface area contributed by atoms with Crippen molar-refractivity contribution in [1.29, 1.82) is 0 Å². The largest absolute Gasteiger partial charge is 0.467 e. The summed E-state index contributed by atoms with van der Waals surface area (Å²) < 4.78 is 4.58. The van der Waals surface area contributed by atoms with Gasteiger partial charge in [-0.2, -0.15) is 0 Å². The van der Waals surface area contributed by atoms with E-state index in [1.807, 2.05) is 13.8 Å². The van der Waals surface area contributed by atoms with Crippen LogP contribution in [0.2, 0.25) is 0 Å². The topological polar surface area (TPSA) is 63.7 Å². The predicted octanol–water partition coefficient (Wildman–Crippen LogP) is 0.889. The smallest absolute Gasteiger partial charge is 0.329 e. The minimum absolute atomic E-state index is 0.209. The van der Waals surface area contributed by atoms with Gasteiger partial charge in [0.1, 0.15) is 6.04 Å². The molecular weight excluding hydrogens is 222 g/mol. The standard InChI is InChI=1S/C12H17NO4/c1-8(2)4-6-10(14)13-9(12(16)17-3)5-7-11(13)15/h4,6,8-9H,5,7H2,1-3H3/b6-4+/t9-/m0/s1. The number of nitrogens with zero attached hydrogens (tertiary/aromatic N) is 1. The second-order valence-electron chi connectivity index (χ2n) is 4.28. The van der Waals surface area contributed by atoms with Crippen LogP contribution in [0.15, 0.2) is 12.2 Å². The second-order valence-corrected chi connectivity index (χ2v) is 4.28. The molecule has 0 radical (unpaired) electrons. The fourth-order valence-electron chi connectivity index (χ4n) is 1.67. The third-order valence-corrected chi connectivity index (χ3v) is 2.55. The van der Waals surface area contributed by atoms with Crippen molar-refractivity contribution in [3.05, 3.63) is 12.2 Å². The molecule has 1 aliphatic rings. The Morgan fingerprint density at radius 3 is 2.65 bits per heavy atom. The molecule has 1 heterocycles. The zero-order valence-corrected chi connectivity index (χ0v) is 10.3. The SMILES string of the molecule is COC(=O)[C@@H]1CCC(=O)N1C(=O)/C=C/C(C)C. The van der Waals surface area contributed by atoms with E-state index in [1.54, 1.807) is 6.08 Å². The minimum atomic E-state index is -0.767. The van der Waals surface area contributed by atoms with Crippen LogP contribution < -0.4 is 0 Å². The van der Waals surface area contributed by atoms with Gasteiger partial charge < -0.3 is 4.74 Å². The molecule has 1 saturated heterocycles. The highest BCUT2D eigenvalue weighted by atomic mass is 16.5. The van der Waals surface area contributed by atoms with Crippen molar-refractivity contribution >= 4 is 17.8 Å². The molecular formula is C12H17NO4. The molecule has 1 aliphatic heterocycles. The van der Waals surface area contributed by atoms with Crippen molar-refractivity contribution in [3.63, 3.8) is 0 Å². The Hall–Kier alpha value is -1.65. The van der Waals surface area contributed by atoms with Crippen molar-refractivity contribution < 1.29 is 19.1 Å². The number of hydrogen-bond acceptors (Lipinski definition) is 4. The van der Waals surface area contributed by atoms with Crippen LogP contribution in [0.25, 0.3) is 0 Å². The van der Waals surface area contributed by atoms with Crippen LogP contribution in [-0.2, 0) is 19.1 Å². The molecule has 2 amide bonds. The molecule has 0 aromatic heterocycles. The lowest BCUT2D eigenvalue weighted by Gasteiger charge is -2.19. The van der Waals surface area contributed by atoms with E-state index in [-0.39, 0.29) is 18.2 Å². The van der Waals surface area contributed by atoms with Crippen molar-refractivity contribution in [3.8, 4) is 0 Å². The monoisotopic (exact) mass is 239 g/mol. The molecule has 0 aromatic carbocycles. The number of ether oxygens (including phenoxy) is 1. The summed E-state index contributed by atoms with van der Waals surface area (Å²) in [6.07, 6.45) is 3.58. The Morgan fingerprint density at radius 1 is 1.47 bits per heavy atom. The Labute approximate surface area is 100 Å². The first-order valence-corrected chi connectivity index (χ1v) is 5.59. The summed E-state index contributed by atoms with van der Waals surface area (Å²) in [6, 6.07) is -0.767. The van der Waals surface area contributed by atoms with Gasteiger partial charge in [0.2, 0.25) is 5.91 Å². The summed E-state index contributed by atoms with van der Waals surface area (Å²) in [5, 5.41) is 0. The first kappa shape index (κ1) is 13.4. The summed E-state index contributed by atoms with van der Waals surface area (Å²) in [5.41, 5.74) is 0. The van der Waals surface area contributed by atoms with Gasteiger partial charge in [0.05, 0.1) is 7.11 Å². The normalized spacial score (nSPS) is 20.4. The lowest BCUT2D eigenvalue weighted by molar-refractivity contribution is -0.154. The van der Waals surface area contributed by atoms with Crippen LogP contribution >= 0.6 is 0 Å². The maximum atomic E-state index is 11.8. The third-order valence-electron chi connectivity index (χ3n) is 2.55. The predicted molar refractivity (Wildman–Crippen MR) is 60.9 cm³/mol. The van der Waals surface area contributed by atoms with E-state index in [2.05, 4.69) is 4.74 Å². The Morgan fingerprint density at radius 2 is 2.12 bits per heavy atom. The van der Waals surface area contributed by atoms with E-state index in [4.69, 9.17) is 0 Å². The van der Waals surface area contributed by atoms with Crippen LogP contribution in [0, 0.1) is 5.92 Å². The van der Waals surface area contributed by atoms with E-state index < -0.39 is 17.9 Å². The Balaban J connectivity index is 2.81. The van der Waals surface area contributed by atoms with Gasteiger partial charge in [-0.15, -0.1) is 0 Å². The molecule has 1 fully saturated rings. The molecule has 5 heteroatoms. The van der Waals surface area contributed by atoms with Gasteiger partial charge in [-0.3, -0.25) is 14.5 Å². The Kier molecular flexibility index (Phi) is 4.43. The lowest BCUT2D eigenvalue weighted by Crippen LogP contribution is -2.42. The van der Waals surface area contributed by atoms with Gasteiger partial charge in [-0.25, -0.2) is 4.79 Å². The van der Waals surface area contributed by atoms with E-state index >= 15 is 0 Å². The Bertz CT molecular complexity index is 360. The van der Waals surface area contributed by atoms with Gasteiger partial charge in [-0.05, 0) is 18.4 Å². The van der Waals surface area contributed by atoms with Gasteiger partial charge in [0.25, 0.3) is 5.91 Å². The fourth-order valence-corrected chi connectivity index (χ4v) is 1.67. The average Bonchev–Trinajstić information content (AvgIpc) is 2.67. The van der Waals surface area contributed by atoms with Crippen molar-refractivity contribution in [2.24, 2.45) is 5.92 Å². The molecule has 0 saturated carbocycles. The molecule has 0 unspecified atom stereocenters. The average molecular weight is 239 g/mol. The van der Waals surface area contributed by atoms with Crippen LogP contribution in [0.3, 0.4) is 0 Å². The van der Waals surface area contributed by atoms with Crippen molar-refractivity contribution in [2.45, 2.75) is 32.7 Å². The van der Waals surface area contributed by atoms with E-state index in [0.717, 1.165) is 4.90 Å². The molecule has 0 bridgehead atoms. The first-order valence-electron chi connectivity index (χ1n) is 5.59. The summed E-state index contributed by atoms with van der Waals surface area (Å²) in [7, 11) is 1.25. The number of carbonyl (C=O) groups excluding carboxylic acids is 3. The maximum absolute atomic E-state index is 11.8. The first-order chi connectivity index (χ1) is 7.97.